The fourth-order valence-electron chi connectivity index (χ4n) is 0.414. The van der Waals surface area contributed by atoms with Gasteiger partial charge in [-0.2, -0.15) is 0 Å². The highest BCUT2D eigenvalue weighted by Crippen LogP contribution is 1.80. The number of allylic oxidation sites excluding steroid dienone is 8. The van der Waals surface area contributed by atoms with Crippen LogP contribution < -0.4 is 0 Å². The molecule has 0 fully saturated rings. The van der Waals surface area contributed by atoms with E-state index in [1.165, 1.54) is 0 Å². The summed E-state index contributed by atoms with van der Waals surface area (Å²) < 4.78 is 0. The highest BCUT2D eigenvalue weighted by Gasteiger charge is 1.58. The van der Waals surface area contributed by atoms with E-state index in [1.54, 1.807) is 12.2 Å². The second-order valence-corrected chi connectivity index (χ2v) is 1.63. The van der Waals surface area contributed by atoms with Crippen molar-refractivity contribution in [3.8, 4) is 0 Å². The predicted molar refractivity (Wildman–Crippen MR) is 47.8 cm³/mol. The normalized spacial score (nSPS) is 11.6. The zero-order valence-corrected chi connectivity index (χ0v) is 6.03. The molecular weight excluding hydrogens is 120 g/mol. The van der Waals surface area contributed by atoms with Gasteiger partial charge in [-0.1, -0.05) is 61.8 Å². The molecule has 0 aliphatic rings. The van der Waals surface area contributed by atoms with Gasteiger partial charge in [0.05, 0.1) is 0 Å². The number of hydrogen-bond acceptors (Lipinski definition) is 0. The maximum absolute atomic E-state index is 3.54. The maximum atomic E-state index is 3.54. The first kappa shape index (κ1) is 8.70. The van der Waals surface area contributed by atoms with Crippen LogP contribution in [0.2, 0.25) is 0 Å². The first-order valence-corrected chi connectivity index (χ1v) is 3.15. The first-order chi connectivity index (χ1) is 4.91. The third-order valence-corrected chi connectivity index (χ3v) is 0.828. The van der Waals surface area contributed by atoms with Crippen LogP contribution in [0, 0.1) is 0 Å². The zero-order chi connectivity index (χ0) is 7.66. The van der Waals surface area contributed by atoms with Gasteiger partial charge in [-0.05, 0) is 0 Å². The molecule has 0 aromatic heterocycles. The van der Waals surface area contributed by atoms with E-state index in [2.05, 4.69) is 13.2 Å². The molecule has 0 saturated carbocycles. The van der Waals surface area contributed by atoms with Crippen molar-refractivity contribution < 1.29 is 0 Å². The van der Waals surface area contributed by atoms with E-state index in [9.17, 15) is 0 Å². The summed E-state index contributed by atoms with van der Waals surface area (Å²) in [5.74, 6) is 0. The molecule has 0 aromatic rings. The van der Waals surface area contributed by atoms with E-state index in [0.717, 1.165) is 0 Å². The minimum absolute atomic E-state index is 1.74. The summed E-state index contributed by atoms with van der Waals surface area (Å²) in [5, 5.41) is 0. The molecule has 0 rings (SSSR count). The van der Waals surface area contributed by atoms with Gasteiger partial charge in [0, 0.05) is 0 Å². The molecule has 0 unspecified atom stereocenters. The van der Waals surface area contributed by atoms with Crippen molar-refractivity contribution in [2.24, 2.45) is 0 Å². The summed E-state index contributed by atoms with van der Waals surface area (Å²) in [6, 6.07) is 0. The van der Waals surface area contributed by atoms with Gasteiger partial charge in [-0.3, -0.25) is 0 Å². The molecule has 0 N–H and O–H groups in total. The third kappa shape index (κ3) is 6.70. The molecule has 0 aromatic carbocycles. The maximum Gasteiger partial charge on any atom is -0.0623 e. The molecule has 0 aliphatic carbocycles. The lowest BCUT2D eigenvalue weighted by Gasteiger charge is -1.70. The van der Waals surface area contributed by atoms with Crippen LogP contribution >= 0.6 is 0 Å². The standard InChI is InChI=1S/C10H12/c1-3-5-7-9-10-8-6-4-2/h3-10H,1-2H2/b7-5+,8-6?,10-9+. The molecule has 0 amide bonds. The Morgan fingerprint density at radius 2 is 0.800 bits per heavy atom. The lowest BCUT2D eigenvalue weighted by Crippen LogP contribution is -1.48. The van der Waals surface area contributed by atoms with Crippen LogP contribution in [0.3, 0.4) is 0 Å². The van der Waals surface area contributed by atoms with Gasteiger partial charge in [0.1, 0.15) is 0 Å². The zero-order valence-electron chi connectivity index (χ0n) is 6.03. The smallest absolute Gasteiger partial charge is 0.0623 e. The average Bonchev–Trinajstić information content (AvgIpc) is 1.97. The Hall–Kier alpha value is -1.30. The monoisotopic (exact) mass is 132 g/mol. The van der Waals surface area contributed by atoms with Crippen LogP contribution in [0.1, 0.15) is 0 Å². The van der Waals surface area contributed by atoms with Gasteiger partial charge >= 0.3 is 0 Å². The molecule has 0 heteroatoms. The highest BCUT2D eigenvalue weighted by atomic mass is 13.7. The summed E-state index contributed by atoms with van der Waals surface area (Å²) in [6.07, 6.45) is 14.9. The Labute approximate surface area is 62.6 Å². The second kappa shape index (κ2) is 7.70. The molecule has 0 saturated heterocycles. The molecule has 0 bridgehead atoms. The second-order valence-electron chi connectivity index (χ2n) is 1.63. The van der Waals surface area contributed by atoms with Gasteiger partial charge in [0.25, 0.3) is 0 Å². The van der Waals surface area contributed by atoms with Crippen LogP contribution in [0.15, 0.2) is 61.8 Å². The summed E-state index contributed by atoms with van der Waals surface area (Å²) in [5.41, 5.74) is 0. The van der Waals surface area contributed by atoms with E-state index in [1.807, 2.05) is 36.5 Å². The molecule has 0 atom stereocenters. The minimum Gasteiger partial charge on any atom is -0.0991 e. The Balaban J connectivity index is 3.55. The highest BCUT2D eigenvalue weighted by molar-refractivity contribution is 5.16. The molecule has 52 valence electrons. The van der Waals surface area contributed by atoms with E-state index >= 15 is 0 Å². The van der Waals surface area contributed by atoms with Crippen molar-refractivity contribution in [2.45, 2.75) is 0 Å². The first-order valence-electron chi connectivity index (χ1n) is 3.15. The summed E-state index contributed by atoms with van der Waals surface area (Å²) in [6.45, 7) is 7.08. The molecule has 10 heavy (non-hydrogen) atoms. The van der Waals surface area contributed by atoms with Crippen LogP contribution in [0.25, 0.3) is 0 Å². The van der Waals surface area contributed by atoms with Gasteiger partial charge in [-0.25, -0.2) is 0 Å². The van der Waals surface area contributed by atoms with Crippen molar-refractivity contribution in [1.29, 1.82) is 0 Å². The predicted octanol–water partition coefficient (Wildman–Crippen LogP) is 3.03. The molecule has 0 nitrogen and oxygen atoms in total. The number of hydrogen-bond donors (Lipinski definition) is 0. The fourth-order valence-corrected chi connectivity index (χ4v) is 0.414. The van der Waals surface area contributed by atoms with Crippen molar-refractivity contribution in [1.82, 2.24) is 0 Å². The van der Waals surface area contributed by atoms with Crippen molar-refractivity contribution in [2.75, 3.05) is 0 Å². The summed E-state index contributed by atoms with van der Waals surface area (Å²) in [4.78, 5) is 0. The van der Waals surface area contributed by atoms with Crippen LogP contribution in [-0.2, 0) is 0 Å². The largest absolute Gasteiger partial charge is 0.0991 e. The lowest BCUT2D eigenvalue weighted by molar-refractivity contribution is 1.88. The van der Waals surface area contributed by atoms with E-state index in [-0.39, 0.29) is 0 Å². The van der Waals surface area contributed by atoms with Crippen LogP contribution in [-0.4, -0.2) is 0 Å². The Morgan fingerprint density at radius 3 is 1.10 bits per heavy atom. The van der Waals surface area contributed by atoms with Crippen molar-refractivity contribution in [3.63, 3.8) is 0 Å². The third-order valence-electron chi connectivity index (χ3n) is 0.828. The van der Waals surface area contributed by atoms with Crippen LogP contribution in [0.5, 0.6) is 0 Å². The topological polar surface area (TPSA) is 0 Å². The Bertz CT molecular complexity index is 148. The molecule has 0 spiro atoms. The van der Waals surface area contributed by atoms with Crippen molar-refractivity contribution in [3.05, 3.63) is 61.8 Å². The number of rotatable bonds is 4. The molecule has 0 heterocycles. The SMILES string of the molecule is C=CC=C/C=C/C=C/C=C. The van der Waals surface area contributed by atoms with Gasteiger partial charge in [0.2, 0.25) is 0 Å². The van der Waals surface area contributed by atoms with E-state index in [0.29, 0.717) is 0 Å². The quantitative estimate of drug-likeness (QED) is 0.516. The average molecular weight is 132 g/mol. The van der Waals surface area contributed by atoms with E-state index < -0.39 is 0 Å². The summed E-state index contributed by atoms with van der Waals surface area (Å²) in [7, 11) is 0. The Morgan fingerprint density at radius 1 is 0.500 bits per heavy atom. The van der Waals surface area contributed by atoms with Gasteiger partial charge < -0.3 is 0 Å². The van der Waals surface area contributed by atoms with E-state index in [4.69, 9.17) is 0 Å². The van der Waals surface area contributed by atoms with Crippen LogP contribution in [0.4, 0.5) is 0 Å². The fraction of sp³-hybridized carbons (Fsp3) is 0. The lowest BCUT2D eigenvalue weighted by atomic mass is 10.4. The van der Waals surface area contributed by atoms with Gasteiger partial charge in [0.15, 0.2) is 0 Å². The molecule has 0 aliphatic heterocycles. The summed E-state index contributed by atoms with van der Waals surface area (Å²) >= 11 is 0. The Kier molecular flexibility index (Phi) is 6.70. The minimum atomic E-state index is 1.74. The molecule has 0 radical (unpaired) electrons. The van der Waals surface area contributed by atoms with Crippen molar-refractivity contribution >= 4 is 0 Å². The molecular formula is C10H12. The van der Waals surface area contributed by atoms with Gasteiger partial charge in [-0.15, -0.1) is 0 Å².